The lowest BCUT2D eigenvalue weighted by molar-refractivity contribution is -0.286. The molecular formula is C24H21ClF2N2O4. The van der Waals surface area contributed by atoms with Crippen LogP contribution in [0.15, 0.2) is 65.6 Å². The molecule has 0 aliphatic carbocycles. The number of aromatic nitrogens is 1. The van der Waals surface area contributed by atoms with E-state index in [2.05, 4.69) is 9.47 Å². The number of alkyl halides is 2. The molecule has 172 valence electrons. The van der Waals surface area contributed by atoms with Gasteiger partial charge in [-0.2, -0.15) is 0 Å². The fourth-order valence-electron chi connectivity index (χ4n) is 3.57. The summed E-state index contributed by atoms with van der Waals surface area (Å²) in [6, 6.07) is 14.4. The van der Waals surface area contributed by atoms with Crippen molar-refractivity contribution in [1.82, 2.24) is 9.47 Å². The van der Waals surface area contributed by atoms with Crippen molar-refractivity contribution in [1.29, 1.82) is 0 Å². The van der Waals surface area contributed by atoms with Gasteiger partial charge in [-0.1, -0.05) is 35.9 Å². The highest BCUT2D eigenvalue weighted by molar-refractivity contribution is 6.31. The Balaban J connectivity index is 1.59. The molecule has 1 aromatic heterocycles. The van der Waals surface area contributed by atoms with E-state index in [1.54, 1.807) is 29.2 Å². The van der Waals surface area contributed by atoms with E-state index in [4.69, 9.17) is 11.6 Å². The van der Waals surface area contributed by atoms with Gasteiger partial charge in [-0.3, -0.25) is 9.59 Å². The summed E-state index contributed by atoms with van der Waals surface area (Å²) in [4.78, 5) is 28.0. The van der Waals surface area contributed by atoms with E-state index in [0.717, 1.165) is 5.56 Å². The van der Waals surface area contributed by atoms with E-state index in [0.29, 0.717) is 10.6 Å². The van der Waals surface area contributed by atoms with Crippen molar-refractivity contribution in [3.05, 3.63) is 92.9 Å². The first kappa shape index (κ1) is 22.8. The molecule has 0 radical (unpaired) electrons. The van der Waals surface area contributed by atoms with Crippen LogP contribution in [-0.4, -0.2) is 27.7 Å². The van der Waals surface area contributed by atoms with Crippen molar-refractivity contribution < 1.29 is 23.0 Å². The Morgan fingerprint density at radius 1 is 1.09 bits per heavy atom. The van der Waals surface area contributed by atoms with Crippen LogP contribution in [0.2, 0.25) is 5.02 Å². The van der Waals surface area contributed by atoms with Crippen molar-refractivity contribution in [3.8, 4) is 11.5 Å². The lowest BCUT2D eigenvalue weighted by Crippen LogP contribution is -2.40. The van der Waals surface area contributed by atoms with Crippen LogP contribution < -0.4 is 15.0 Å². The third-order valence-corrected chi connectivity index (χ3v) is 5.62. The maximum Gasteiger partial charge on any atom is 0.586 e. The van der Waals surface area contributed by atoms with Gasteiger partial charge in [0.05, 0.1) is 6.54 Å². The van der Waals surface area contributed by atoms with E-state index in [-0.39, 0.29) is 36.2 Å². The summed E-state index contributed by atoms with van der Waals surface area (Å²) in [6.45, 7) is 4.03. The SMILES string of the molecule is CC(C)N(Cc1ccccc1Cl)C(=O)c1cccn(Cc2ccc3c(c2)OC(F)(F)O3)c1=O. The predicted molar refractivity (Wildman–Crippen MR) is 119 cm³/mol. The third kappa shape index (κ3) is 4.85. The van der Waals surface area contributed by atoms with Crippen LogP contribution in [0.3, 0.4) is 0 Å². The first-order chi connectivity index (χ1) is 15.6. The second kappa shape index (κ2) is 8.86. The number of pyridine rings is 1. The van der Waals surface area contributed by atoms with Crippen molar-refractivity contribution in [2.75, 3.05) is 0 Å². The van der Waals surface area contributed by atoms with Crippen LogP contribution in [0.25, 0.3) is 0 Å². The summed E-state index contributed by atoms with van der Waals surface area (Å²) in [5.74, 6) is -0.606. The van der Waals surface area contributed by atoms with Gasteiger partial charge in [0.1, 0.15) is 5.56 Å². The van der Waals surface area contributed by atoms with Gasteiger partial charge in [-0.15, -0.1) is 8.78 Å². The Hall–Kier alpha value is -3.39. The fraction of sp³-hybridized carbons (Fsp3) is 0.250. The Bertz CT molecular complexity index is 1260. The maximum atomic E-state index is 13.3. The highest BCUT2D eigenvalue weighted by Crippen LogP contribution is 2.41. The average Bonchev–Trinajstić information content (AvgIpc) is 3.07. The average molecular weight is 475 g/mol. The number of rotatable bonds is 6. The largest absolute Gasteiger partial charge is 0.586 e. The molecule has 0 saturated heterocycles. The highest BCUT2D eigenvalue weighted by Gasteiger charge is 2.43. The molecule has 2 heterocycles. The Labute approximate surface area is 193 Å². The van der Waals surface area contributed by atoms with Gasteiger partial charge < -0.3 is 18.9 Å². The molecule has 1 aliphatic heterocycles. The zero-order chi connectivity index (χ0) is 23.8. The number of amides is 1. The lowest BCUT2D eigenvalue weighted by Gasteiger charge is -2.27. The summed E-state index contributed by atoms with van der Waals surface area (Å²) >= 11 is 6.26. The number of carbonyl (C=O) groups excluding carboxylic acids is 1. The Morgan fingerprint density at radius 3 is 2.55 bits per heavy atom. The number of ether oxygens (including phenoxy) is 2. The van der Waals surface area contributed by atoms with Crippen LogP contribution in [0, 0.1) is 0 Å². The summed E-state index contributed by atoms with van der Waals surface area (Å²) in [5, 5.41) is 0.537. The molecule has 4 rings (SSSR count). The quantitative estimate of drug-likeness (QED) is 0.508. The number of fused-ring (bicyclic) bond motifs is 1. The number of hydrogen-bond donors (Lipinski definition) is 0. The minimum absolute atomic E-state index is 0.00512. The Kier molecular flexibility index (Phi) is 6.12. The molecular weight excluding hydrogens is 454 g/mol. The molecule has 1 amide bonds. The summed E-state index contributed by atoms with van der Waals surface area (Å²) < 4.78 is 36.8. The molecule has 3 aromatic rings. The van der Waals surface area contributed by atoms with Gasteiger partial charge in [-0.05, 0) is 55.3 Å². The molecule has 6 nitrogen and oxygen atoms in total. The zero-order valence-corrected chi connectivity index (χ0v) is 18.7. The molecule has 0 saturated carbocycles. The minimum Gasteiger partial charge on any atom is -0.395 e. The van der Waals surface area contributed by atoms with Crippen LogP contribution in [0.1, 0.15) is 35.3 Å². The number of carbonyl (C=O) groups is 1. The molecule has 0 atom stereocenters. The molecule has 2 aromatic carbocycles. The second-order valence-electron chi connectivity index (χ2n) is 7.92. The van der Waals surface area contributed by atoms with Crippen molar-refractivity contribution >= 4 is 17.5 Å². The normalized spacial score (nSPS) is 13.9. The highest BCUT2D eigenvalue weighted by atomic mass is 35.5. The first-order valence-corrected chi connectivity index (χ1v) is 10.6. The molecule has 0 bridgehead atoms. The van der Waals surface area contributed by atoms with Crippen molar-refractivity contribution in [2.45, 2.75) is 39.3 Å². The lowest BCUT2D eigenvalue weighted by atomic mass is 10.1. The standard InChI is InChI=1S/C24H21ClF2N2O4/c1-15(2)29(14-17-6-3-4-8-19(17)25)23(31)18-7-5-11-28(22(18)30)13-16-9-10-20-21(12-16)33-24(26,27)32-20/h3-12,15H,13-14H2,1-2H3. The molecule has 33 heavy (non-hydrogen) atoms. The summed E-state index contributed by atoms with van der Waals surface area (Å²) in [7, 11) is 0. The van der Waals surface area contributed by atoms with Crippen molar-refractivity contribution in [2.24, 2.45) is 0 Å². The zero-order valence-electron chi connectivity index (χ0n) is 17.9. The predicted octanol–water partition coefficient (Wildman–Crippen LogP) is 4.92. The molecule has 0 fully saturated rings. The van der Waals surface area contributed by atoms with Gasteiger partial charge in [0.25, 0.3) is 11.5 Å². The topological polar surface area (TPSA) is 60.8 Å². The number of hydrogen-bond acceptors (Lipinski definition) is 4. The molecule has 9 heteroatoms. The van der Waals surface area contributed by atoms with E-state index in [1.165, 1.54) is 29.0 Å². The van der Waals surface area contributed by atoms with E-state index >= 15 is 0 Å². The number of halogens is 3. The number of nitrogens with zero attached hydrogens (tertiary/aromatic N) is 2. The molecule has 1 aliphatic rings. The van der Waals surface area contributed by atoms with E-state index < -0.39 is 17.8 Å². The minimum atomic E-state index is -3.72. The fourth-order valence-corrected chi connectivity index (χ4v) is 3.76. The van der Waals surface area contributed by atoms with Crippen LogP contribution in [0.4, 0.5) is 8.78 Å². The molecule has 0 unspecified atom stereocenters. The molecule has 0 spiro atoms. The number of benzene rings is 2. The van der Waals surface area contributed by atoms with Crippen molar-refractivity contribution in [3.63, 3.8) is 0 Å². The van der Waals surface area contributed by atoms with Gasteiger partial charge in [-0.25, -0.2) is 0 Å². The van der Waals surface area contributed by atoms with Gasteiger partial charge in [0, 0.05) is 23.8 Å². The van der Waals surface area contributed by atoms with E-state index in [9.17, 15) is 18.4 Å². The van der Waals surface area contributed by atoms with Crippen LogP contribution >= 0.6 is 11.6 Å². The smallest absolute Gasteiger partial charge is 0.395 e. The third-order valence-electron chi connectivity index (χ3n) is 5.25. The maximum absolute atomic E-state index is 13.3. The Morgan fingerprint density at radius 2 is 1.82 bits per heavy atom. The van der Waals surface area contributed by atoms with Gasteiger partial charge >= 0.3 is 6.29 Å². The summed E-state index contributed by atoms with van der Waals surface area (Å²) in [5.41, 5.74) is 0.828. The monoisotopic (exact) mass is 474 g/mol. The van der Waals surface area contributed by atoms with Gasteiger partial charge in [0.15, 0.2) is 11.5 Å². The first-order valence-electron chi connectivity index (χ1n) is 10.3. The van der Waals surface area contributed by atoms with Gasteiger partial charge in [0.2, 0.25) is 0 Å². The van der Waals surface area contributed by atoms with E-state index in [1.807, 2.05) is 26.0 Å². The summed E-state index contributed by atoms with van der Waals surface area (Å²) in [6.07, 6.45) is -2.18. The molecule has 0 N–H and O–H groups in total. The van der Waals surface area contributed by atoms with Crippen LogP contribution in [-0.2, 0) is 13.1 Å². The second-order valence-corrected chi connectivity index (χ2v) is 8.33. The van der Waals surface area contributed by atoms with Crippen LogP contribution in [0.5, 0.6) is 11.5 Å².